The second-order valence-corrected chi connectivity index (χ2v) is 6.88. The molecule has 0 aromatic carbocycles. The van der Waals surface area contributed by atoms with Crippen molar-refractivity contribution in [3.8, 4) is 0 Å². The summed E-state index contributed by atoms with van der Waals surface area (Å²) in [4.78, 5) is 5.56. The van der Waals surface area contributed by atoms with Crippen LogP contribution in [0.15, 0.2) is 0 Å². The summed E-state index contributed by atoms with van der Waals surface area (Å²) in [6.07, 6.45) is 8.47. The third-order valence-corrected chi connectivity index (χ3v) is 5.96. The molecule has 3 nitrogen and oxygen atoms in total. The highest BCUT2D eigenvalue weighted by Crippen LogP contribution is 2.32. The quantitative estimate of drug-likeness (QED) is 0.841. The lowest BCUT2D eigenvalue weighted by Gasteiger charge is -2.47. The average Bonchev–Trinajstić information content (AvgIpc) is 2.93. The minimum atomic E-state index is 0.732. The third kappa shape index (κ3) is 2.84. The van der Waals surface area contributed by atoms with Gasteiger partial charge in [0, 0.05) is 37.8 Å². The van der Waals surface area contributed by atoms with Gasteiger partial charge in [0.1, 0.15) is 0 Å². The van der Waals surface area contributed by atoms with Crippen LogP contribution in [0.5, 0.6) is 0 Å². The minimum absolute atomic E-state index is 0.732. The fourth-order valence-electron chi connectivity index (χ4n) is 4.66. The molecule has 4 unspecified atom stereocenters. The van der Waals surface area contributed by atoms with Gasteiger partial charge in [-0.3, -0.25) is 9.80 Å². The number of rotatable bonds is 3. The standard InChI is InChI=1S/C16H31N3/c1-3-13-6-7-15(17-2)16(11-13)19-10-9-18-8-4-5-14(18)12-19/h13-17H,3-12H2,1-2H3. The van der Waals surface area contributed by atoms with Crippen LogP contribution < -0.4 is 5.32 Å². The van der Waals surface area contributed by atoms with Crippen LogP contribution in [-0.2, 0) is 0 Å². The Bertz CT molecular complexity index is 294. The van der Waals surface area contributed by atoms with Gasteiger partial charge in [0.2, 0.25) is 0 Å². The van der Waals surface area contributed by atoms with Crippen molar-refractivity contribution in [1.29, 1.82) is 0 Å². The number of likely N-dealkylation sites (N-methyl/N-ethyl adjacent to an activating group) is 1. The molecule has 1 aliphatic carbocycles. The van der Waals surface area contributed by atoms with E-state index in [2.05, 4.69) is 29.1 Å². The highest BCUT2D eigenvalue weighted by atomic mass is 15.3. The van der Waals surface area contributed by atoms with Crippen LogP contribution in [0, 0.1) is 5.92 Å². The molecule has 2 heterocycles. The fourth-order valence-corrected chi connectivity index (χ4v) is 4.66. The number of hydrogen-bond acceptors (Lipinski definition) is 3. The molecule has 3 heteroatoms. The van der Waals surface area contributed by atoms with Gasteiger partial charge in [0.25, 0.3) is 0 Å². The molecule has 2 aliphatic heterocycles. The Labute approximate surface area is 118 Å². The first-order valence-corrected chi connectivity index (χ1v) is 8.47. The Balaban J connectivity index is 1.64. The van der Waals surface area contributed by atoms with E-state index in [0.717, 1.165) is 24.0 Å². The largest absolute Gasteiger partial charge is 0.315 e. The molecule has 110 valence electrons. The highest BCUT2D eigenvalue weighted by Gasteiger charge is 2.38. The Morgan fingerprint density at radius 3 is 2.68 bits per heavy atom. The molecule has 3 aliphatic rings. The van der Waals surface area contributed by atoms with Crippen molar-refractivity contribution in [1.82, 2.24) is 15.1 Å². The lowest BCUT2D eigenvalue weighted by Crippen LogP contribution is -2.59. The number of piperazine rings is 1. The molecule has 3 fully saturated rings. The van der Waals surface area contributed by atoms with Crippen molar-refractivity contribution in [3.05, 3.63) is 0 Å². The summed E-state index contributed by atoms with van der Waals surface area (Å²) in [5, 5.41) is 3.60. The number of fused-ring (bicyclic) bond motifs is 1. The van der Waals surface area contributed by atoms with Crippen molar-refractivity contribution < 1.29 is 0 Å². The monoisotopic (exact) mass is 265 g/mol. The summed E-state index contributed by atoms with van der Waals surface area (Å²) in [6, 6.07) is 2.40. The first-order chi connectivity index (χ1) is 9.31. The summed E-state index contributed by atoms with van der Waals surface area (Å²) in [6.45, 7) is 7.68. The molecule has 0 aromatic rings. The number of nitrogens with one attached hydrogen (secondary N) is 1. The third-order valence-electron chi connectivity index (χ3n) is 5.96. The van der Waals surface area contributed by atoms with Gasteiger partial charge in [-0.2, -0.15) is 0 Å². The van der Waals surface area contributed by atoms with E-state index in [-0.39, 0.29) is 0 Å². The maximum Gasteiger partial charge on any atom is 0.0253 e. The second kappa shape index (κ2) is 6.11. The lowest BCUT2D eigenvalue weighted by molar-refractivity contribution is 0.0321. The average molecular weight is 265 g/mol. The molecule has 0 spiro atoms. The maximum absolute atomic E-state index is 3.60. The van der Waals surface area contributed by atoms with Gasteiger partial charge >= 0.3 is 0 Å². The molecule has 2 saturated heterocycles. The molecule has 19 heavy (non-hydrogen) atoms. The van der Waals surface area contributed by atoms with E-state index in [1.807, 2.05) is 0 Å². The summed E-state index contributed by atoms with van der Waals surface area (Å²) in [5.74, 6) is 0.969. The van der Waals surface area contributed by atoms with Crippen LogP contribution in [0.25, 0.3) is 0 Å². The SMILES string of the molecule is CCC1CCC(NC)C(N2CCN3CCCC3C2)C1. The van der Waals surface area contributed by atoms with E-state index in [1.54, 1.807) is 0 Å². The molecular formula is C16H31N3. The first kappa shape index (κ1) is 13.8. The van der Waals surface area contributed by atoms with E-state index in [4.69, 9.17) is 0 Å². The van der Waals surface area contributed by atoms with E-state index in [9.17, 15) is 0 Å². The van der Waals surface area contributed by atoms with E-state index in [0.29, 0.717) is 0 Å². The van der Waals surface area contributed by atoms with Gasteiger partial charge in [-0.15, -0.1) is 0 Å². The van der Waals surface area contributed by atoms with Gasteiger partial charge in [-0.25, -0.2) is 0 Å². The number of nitrogens with zero attached hydrogens (tertiary/aromatic N) is 2. The Morgan fingerprint density at radius 2 is 1.89 bits per heavy atom. The van der Waals surface area contributed by atoms with Gasteiger partial charge in [0.05, 0.1) is 0 Å². The van der Waals surface area contributed by atoms with Gasteiger partial charge in [-0.05, 0) is 51.6 Å². The van der Waals surface area contributed by atoms with E-state index >= 15 is 0 Å². The van der Waals surface area contributed by atoms with Gasteiger partial charge in [-0.1, -0.05) is 13.3 Å². The molecule has 0 bridgehead atoms. The Morgan fingerprint density at radius 1 is 1.05 bits per heavy atom. The van der Waals surface area contributed by atoms with E-state index in [1.165, 1.54) is 64.7 Å². The van der Waals surface area contributed by atoms with Crippen molar-refractivity contribution in [2.45, 2.75) is 63.6 Å². The minimum Gasteiger partial charge on any atom is -0.315 e. The normalized spacial score (nSPS) is 41.4. The van der Waals surface area contributed by atoms with Crippen molar-refractivity contribution >= 4 is 0 Å². The highest BCUT2D eigenvalue weighted by molar-refractivity contribution is 4.95. The zero-order chi connectivity index (χ0) is 13.2. The molecular weight excluding hydrogens is 234 g/mol. The lowest BCUT2D eigenvalue weighted by atomic mass is 9.80. The van der Waals surface area contributed by atoms with Crippen LogP contribution in [0.4, 0.5) is 0 Å². The topological polar surface area (TPSA) is 18.5 Å². The van der Waals surface area contributed by atoms with Crippen LogP contribution in [0.1, 0.15) is 45.4 Å². The summed E-state index contributed by atoms with van der Waals surface area (Å²) >= 11 is 0. The Kier molecular flexibility index (Phi) is 4.45. The van der Waals surface area contributed by atoms with Crippen molar-refractivity contribution in [2.75, 3.05) is 33.2 Å². The second-order valence-electron chi connectivity index (χ2n) is 6.88. The van der Waals surface area contributed by atoms with Crippen LogP contribution in [0.2, 0.25) is 0 Å². The fraction of sp³-hybridized carbons (Fsp3) is 1.00. The van der Waals surface area contributed by atoms with Gasteiger partial charge < -0.3 is 5.32 Å². The summed E-state index contributed by atoms with van der Waals surface area (Å²) in [7, 11) is 2.16. The summed E-state index contributed by atoms with van der Waals surface area (Å²) in [5.41, 5.74) is 0. The van der Waals surface area contributed by atoms with E-state index < -0.39 is 0 Å². The van der Waals surface area contributed by atoms with Crippen molar-refractivity contribution in [3.63, 3.8) is 0 Å². The zero-order valence-corrected chi connectivity index (χ0v) is 12.8. The molecule has 0 aromatic heterocycles. The maximum atomic E-state index is 3.60. The molecule has 1 saturated carbocycles. The number of hydrogen-bond donors (Lipinski definition) is 1. The van der Waals surface area contributed by atoms with Crippen molar-refractivity contribution in [2.24, 2.45) is 5.92 Å². The molecule has 4 atom stereocenters. The first-order valence-electron chi connectivity index (χ1n) is 8.47. The molecule has 0 radical (unpaired) electrons. The van der Waals surface area contributed by atoms with Gasteiger partial charge in [0.15, 0.2) is 0 Å². The predicted molar refractivity (Wildman–Crippen MR) is 80.4 cm³/mol. The molecule has 3 rings (SSSR count). The van der Waals surface area contributed by atoms with Crippen LogP contribution in [-0.4, -0.2) is 61.2 Å². The molecule has 0 amide bonds. The summed E-state index contributed by atoms with van der Waals surface area (Å²) < 4.78 is 0. The van der Waals surface area contributed by atoms with Crippen LogP contribution >= 0.6 is 0 Å². The van der Waals surface area contributed by atoms with Crippen LogP contribution in [0.3, 0.4) is 0 Å². The predicted octanol–water partition coefficient (Wildman–Crippen LogP) is 1.93. The Hall–Kier alpha value is -0.120. The smallest absolute Gasteiger partial charge is 0.0253 e. The molecule has 1 N–H and O–H groups in total. The zero-order valence-electron chi connectivity index (χ0n) is 12.8.